The van der Waals surface area contributed by atoms with Gasteiger partial charge in [-0.05, 0) is 80.1 Å². The second-order valence-electron chi connectivity index (χ2n) is 7.01. The molecule has 0 aromatic heterocycles. The van der Waals surface area contributed by atoms with E-state index in [0.29, 0.717) is 5.69 Å². The van der Waals surface area contributed by atoms with Crippen LogP contribution >= 0.6 is 11.8 Å². The molecule has 4 heteroatoms. The van der Waals surface area contributed by atoms with E-state index in [1.807, 2.05) is 30.3 Å². The SMILES string of the molecule is Cc1c(C)c(C)c(CS[C@H]2CC(=O)N(c3ccccc3)C2=O)c(C)c1C. The smallest absolute Gasteiger partial charge is 0.247 e. The summed E-state index contributed by atoms with van der Waals surface area (Å²) in [4.78, 5) is 26.5. The Bertz CT molecular complexity index is 844. The molecule has 0 aliphatic carbocycles. The molecule has 0 unspecified atom stereocenters. The highest BCUT2D eigenvalue weighted by Gasteiger charge is 2.39. The van der Waals surface area contributed by atoms with Gasteiger partial charge >= 0.3 is 0 Å². The minimum Gasteiger partial charge on any atom is -0.274 e. The Morgan fingerprint density at radius 3 is 2.00 bits per heavy atom. The highest BCUT2D eigenvalue weighted by Crippen LogP contribution is 2.34. The van der Waals surface area contributed by atoms with Gasteiger partial charge in [-0.2, -0.15) is 0 Å². The lowest BCUT2D eigenvalue weighted by Crippen LogP contribution is -2.31. The summed E-state index contributed by atoms with van der Waals surface area (Å²) in [6, 6.07) is 9.20. The number of anilines is 1. The number of hydrogen-bond acceptors (Lipinski definition) is 3. The number of imide groups is 1. The summed E-state index contributed by atoms with van der Waals surface area (Å²) < 4.78 is 0. The van der Waals surface area contributed by atoms with Crippen LogP contribution in [-0.4, -0.2) is 17.1 Å². The first-order valence-corrected chi connectivity index (χ1v) is 9.97. The molecule has 0 bridgehead atoms. The van der Waals surface area contributed by atoms with Crippen molar-refractivity contribution < 1.29 is 9.59 Å². The van der Waals surface area contributed by atoms with Crippen molar-refractivity contribution in [3.63, 3.8) is 0 Å². The number of para-hydroxylation sites is 1. The zero-order chi connectivity index (χ0) is 19.0. The number of amides is 2. The Kier molecular flexibility index (Phi) is 5.24. The third kappa shape index (κ3) is 3.18. The fourth-order valence-corrected chi connectivity index (χ4v) is 4.87. The molecule has 3 nitrogen and oxygen atoms in total. The topological polar surface area (TPSA) is 37.4 Å². The van der Waals surface area contributed by atoms with Crippen molar-refractivity contribution in [2.24, 2.45) is 0 Å². The van der Waals surface area contributed by atoms with Crippen molar-refractivity contribution in [3.8, 4) is 0 Å². The number of benzene rings is 2. The molecule has 136 valence electrons. The Morgan fingerprint density at radius 1 is 0.885 bits per heavy atom. The number of rotatable bonds is 4. The van der Waals surface area contributed by atoms with Crippen LogP contribution in [0.5, 0.6) is 0 Å². The van der Waals surface area contributed by atoms with Crippen molar-refractivity contribution in [2.75, 3.05) is 4.90 Å². The summed E-state index contributed by atoms with van der Waals surface area (Å²) in [5, 5.41) is -0.302. The summed E-state index contributed by atoms with van der Waals surface area (Å²) in [6.07, 6.45) is 0.278. The maximum absolute atomic E-state index is 12.8. The van der Waals surface area contributed by atoms with Gasteiger partial charge in [0.15, 0.2) is 0 Å². The van der Waals surface area contributed by atoms with Gasteiger partial charge in [0.1, 0.15) is 0 Å². The van der Waals surface area contributed by atoms with Crippen LogP contribution in [0.3, 0.4) is 0 Å². The van der Waals surface area contributed by atoms with Gasteiger partial charge in [0.05, 0.1) is 10.9 Å². The van der Waals surface area contributed by atoms with Crippen LogP contribution in [0.15, 0.2) is 30.3 Å². The van der Waals surface area contributed by atoms with Crippen LogP contribution in [0, 0.1) is 34.6 Å². The quantitative estimate of drug-likeness (QED) is 0.729. The van der Waals surface area contributed by atoms with E-state index in [-0.39, 0.29) is 23.5 Å². The van der Waals surface area contributed by atoms with Gasteiger partial charge in [-0.25, -0.2) is 4.90 Å². The number of thioether (sulfide) groups is 1. The van der Waals surface area contributed by atoms with E-state index < -0.39 is 0 Å². The standard InChI is InChI=1S/C22H25NO2S/c1-13-14(2)16(4)19(17(5)15(13)3)12-26-20-11-21(24)23(22(20)25)18-9-7-6-8-10-18/h6-10,20H,11-12H2,1-5H3/t20-/m0/s1. The average molecular weight is 368 g/mol. The average Bonchev–Trinajstić information content (AvgIpc) is 2.92. The second-order valence-corrected chi connectivity index (χ2v) is 8.20. The monoisotopic (exact) mass is 367 g/mol. The Balaban J connectivity index is 1.80. The first kappa shape index (κ1) is 18.7. The summed E-state index contributed by atoms with van der Waals surface area (Å²) in [6.45, 7) is 10.8. The molecular formula is C22H25NO2S. The molecule has 1 aliphatic heterocycles. The predicted molar refractivity (Wildman–Crippen MR) is 109 cm³/mol. The molecule has 1 saturated heterocycles. The van der Waals surface area contributed by atoms with Gasteiger partial charge in [0.25, 0.3) is 0 Å². The first-order valence-electron chi connectivity index (χ1n) is 8.92. The van der Waals surface area contributed by atoms with Crippen molar-refractivity contribution in [1.82, 2.24) is 0 Å². The largest absolute Gasteiger partial charge is 0.274 e. The zero-order valence-corrected chi connectivity index (χ0v) is 16.9. The molecule has 0 radical (unpaired) electrons. The Labute approximate surface area is 159 Å². The van der Waals surface area contributed by atoms with Crippen LogP contribution in [-0.2, 0) is 15.3 Å². The number of carbonyl (C=O) groups is 2. The normalized spacial score (nSPS) is 17.3. The van der Waals surface area contributed by atoms with Crippen molar-refractivity contribution in [3.05, 3.63) is 63.7 Å². The van der Waals surface area contributed by atoms with Gasteiger partial charge < -0.3 is 0 Å². The highest BCUT2D eigenvalue weighted by molar-refractivity contribution is 7.99. The minimum atomic E-state index is -0.302. The fourth-order valence-electron chi connectivity index (χ4n) is 3.56. The molecule has 0 spiro atoms. The first-order chi connectivity index (χ1) is 12.3. The zero-order valence-electron chi connectivity index (χ0n) is 16.1. The van der Waals surface area contributed by atoms with Crippen molar-refractivity contribution in [2.45, 2.75) is 52.0 Å². The lowest BCUT2D eigenvalue weighted by Gasteiger charge is -2.19. The van der Waals surface area contributed by atoms with Gasteiger partial charge in [0.2, 0.25) is 11.8 Å². The molecule has 3 rings (SSSR count). The van der Waals surface area contributed by atoms with Crippen LogP contribution in [0.1, 0.15) is 39.8 Å². The molecule has 0 N–H and O–H groups in total. The molecule has 1 fully saturated rings. The third-order valence-corrected chi connectivity index (χ3v) is 6.93. The molecule has 2 aromatic rings. The van der Waals surface area contributed by atoms with E-state index in [2.05, 4.69) is 34.6 Å². The summed E-state index contributed by atoms with van der Waals surface area (Å²) in [5.74, 6) is 0.553. The summed E-state index contributed by atoms with van der Waals surface area (Å²) in [5.41, 5.74) is 8.56. The molecule has 1 heterocycles. The second kappa shape index (κ2) is 7.28. The van der Waals surface area contributed by atoms with Gasteiger partial charge in [-0.15, -0.1) is 11.8 Å². The summed E-state index contributed by atoms with van der Waals surface area (Å²) in [7, 11) is 0. The molecule has 1 aliphatic rings. The minimum absolute atomic E-state index is 0.0953. The number of hydrogen-bond donors (Lipinski definition) is 0. The van der Waals surface area contributed by atoms with E-state index in [1.165, 1.54) is 38.3 Å². The van der Waals surface area contributed by atoms with Crippen LogP contribution in [0.2, 0.25) is 0 Å². The number of nitrogens with zero attached hydrogens (tertiary/aromatic N) is 1. The van der Waals surface area contributed by atoms with Crippen LogP contribution < -0.4 is 4.90 Å². The highest BCUT2D eigenvalue weighted by atomic mass is 32.2. The van der Waals surface area contributed by atoms with Gasteiger partial charge in [-0.3, -0.25) is 9.59 Å². The van der Waals surface area contributed by atoms with Gasteiger partial charge in [-0.1, -0.05) is 18.2 Å². The maximum atomic E-state index is 12.8. The number of carbonyl (C=O) groups excluding carboxylic acids is 2. The maximum Gasteiger partial charge on any atom is 0.247 e. The fraction of sp³-hybridized carbons (Fsp3) is 0.364. The lowest BCUT2D eigenvalue weighted by molar-refractivity contribution is -0.121. The van der Waals surface area contributed by atoms with E-state index in [1.54, 1.807) is 11.8 Å². The molecule has 2 aromatic carbocycles. The van der Waals surface area contributed by atoms with Crippen LogP contribution in [0.4, 0.5) is 5.69 Å². The molecule has 1 atom stereocenters. The molecule has 2 amide bonds. The van der Waals surface area contributed by atoms with E-state index in [9.17, 15) is 9.59 Å². The van der Waals surface area contributed by atoms with Crippen molar-refractivity contribution >= 4 is 29.3 Å². The summed E-state index contributed by atoms with van der Waals surface area (Å²) >= 11 is 1.59. The third-order valence-electron chi connectivity index (χ3n) is 5.70. The van der Waals surface area contributed by atoms with Gasteiger partial charge in [0, 0.05) is 12.2 Å². The van der Waals surface area contributed by atoms with E-state index in [4.69, 9.17) is 0 Å². The molecular weight excluding hydrogens is 342 g/mol. The van der Waals surface area contributed by atoms with E-state index >= 15 is 0 Å². The van der Waals surface area contributed by atoms with E-state index in [0.717, 1.165) is 5.75 Å². The Morgan fingerprint density at radius 2 is 1.42 bits per heavy atom. The van der Waals surface area contributed by atoms with Crippen molar-refractivity contribution in [1.29, 1.82) is 0 Å². The molecule has 26 heavy (non-hydrogen) atoms. The predicted octanol–water partition coefficient (Wildman–Crippen LogP) is 4.79. The molecule has 0 saturated carbocycles. The van der Waals surface area contributed by atoms with Crippen LogP contribution in [0.25, 0.3) is 0 Å². The Hall–Kier alpha value is -2.07. The lowest BCUT2D eigenvalue weighted by atomic mass is 9.90.